The summed E-state index contributed by atoms with van der Waals surface area (Å²) in [5, 5.41) is 47.0. The molecule has 288 valence electrons. The molecule has 15 nitrogen and oxygen atoms in total. The average molecular weight is 865 g/mol. The van der Waals surface area contributed by atoms with Gasteiger partial charge in [-0.25, -0.2) is 10.5 Å². The molecule has 4 fully saturated rings. The van der Waals surface area contributed by atoms with Gasteiger partial charge < -0.3 is 24.4 Å². The number of carboxylic acids is 1. The Morgan fingerprint density at radius 1 is 1.10 bits per heavy atom. The Bertz CT molecular complexity index is 1140. The Labute approximate surface area is 315 Å². The molecule has 0 aromatic heterocycles. The van der Waals surface area contributed by atoms with Crippen molar-refractivity contribution in [3.05, 3.63) is 12.2 Å². The van der Waals surface area contributed by atoms with Crippen molar-refractivity contribution in [3.8, 4) is 0 Å². The molecule has 0 amide bonds. The summed E-state index contributed by atoms with van der Waals surface area (Å²) in [5.74, 6) is -2.34. The summed E-state index contributed by atoms with van der Waals surface area (Å²) >= 11 is 2.61. The van der Waals surface area contributed by atoms with Gasteiger partial charge in [0.15, 0.2) is 37.0 Å². The molecule has 4 rings (SSSR count). The van der Waals surface area contributed by atoms with Crippen LogP contribution >= 0.6 is 47.2 Å². The largest absolute Gasteiger partial charge is 0.481 e. The molecule has 0 aromatic rings. The Kier molecular flexibility index (Phi) is 16.4. The summed E-state index contributed by atoms with van der Waals surface area (Å²) in [4.78, 5) is 26.1. The number of ether oxygens (including phenoxy) is 3. The smallest absolute Gasteiger partial charge is 0.306 e. The van der Waals surface area contributed by atoms with Crippen LogP contribution in [0.15, 0.2) is 12.2 Å². The van der Waals surface area contributed by atoms with Crippen LogP contribution in [0, 0.1) is 34.5 Å². The zero-order chi connectivity index (χ0) is 36.6. The molecule has 0 bridgehead atoms. The van der Waals surface area contributed by atoms with E-state index in [-0.39, 0.29) is 55.2 Å². The van der Waals surface area contributed by atoms with Crippen molar-refractivity contribution in [3.63, 3.8) is 0 Å². The van der Waals surface area contributed by atoms with E-state index in [0.717, 1.165) is 44.1 Å². The lowest BCUT2D eigenvalue weighted by Gasteiger charge is -2.62. The number of hydrogen-bond acceptors (Lipinski definition) is 16. The molecule has 1 aliphatic heterocycles. The van der Waals surface area contributed by atoms with E-state index in [9.17, 15) is 19.8 Å². The number of hydrogen-bond donors (Lipinski definition) is 4. The fourth-order valence-electron chi connectivity index (χ4n) is 9.25. The maximum absolute atomic E-state index is 13.2. The van der Waals surface area contributed by atoms with E-state index in [0.29, 0.717) is 17.3 Å². The van der Waals surface area contributed by atoms with Crippen molar-refractivity contribution in [2.24, 2.45) is 34.5 Å². The van der Waals surface area contributed by atoms with Crippen molar-refractivity contribution in [2.45, 2.75) is 135 Å². The third-order valence-corrected chi connectivity index (χ3v) is 13.0. The number of carbonyl (C=O) groups excluding carboxylic acids is 1. The highest BCUT2D eigenvalue weighted by Crippen LogP contribution is 2.67. The minimum absolute atomic E-state index is 0.0249. The highest BCUT2D eigenvalue weighted by atomic mass is 125. The van der Waals surface area contributed by atoms with E-state index in [1.165, 1.54) is 0 Å². The summed E-state index contributed by atoms with van der Waals surface area (Å²) in [6, 6.07) is 0. The Morgan fingerprint density at radius 2 is 1.78 bits per heavy atom. The van der Waals surface area contributed by atoms with Crippen LogP contribution in [-0.2, 0) is 50.9 Å². The number of esters is 1. The Balaban J connectivity index is 1.71. The van der Waals surface area contributed by atoms with Crippen LogP contribution in [0.4, 0.5) is 0 Å². The maximum atomic E-state index is 13.2. The monoisotopic (exact) mass is 864 g/mol. The van der Waals surface area contributed by atoms with Crippen LogP contribution in [0.2, 0.25) is 0 Å². The average Bonchev–Trinajstić information content (AvgIpc) is 3.34. The summed E-state index contributed by atoms with van der Waals surface area (Å²) < 4.78 is 39.8. The van der Waals surface area contributed by atoms with Crippen LogP contribution in [0.1, 0.15) is 91.9 Å². The third kappa shape index (κ3) is 9.48. The highest BCUT2D eigenvalue weighted by Gasteiger charge is 2.64. The van der Waals surface area contributed by atoms with Gasteiger partial charge in [-0.1, -0.05) is 79.8 Å². The van der Waals surface area contributed by atoms with E-state index in [1.807, 2.05) is 13.8 Å². The lowest BCUT2D eigenvalue weighted by atomic mass is 9.44. The van der Waals surface area contributed by atoms with E-state index in [2.05, 4.69) is 61.8 Å². The SMILES string of the molecule is C=C1CCC2(CCC3C(C(=O)O)CC(O[C@@H]4O[C@@H](C[125I])[C@@H](OSOOO)[C@H](OSOOO)C4OC(=O)CC(C)C)CC3(C)C2CCCC)[C@H]1O. The van der Waals surface area contributed by atoms with Gasteiger partial charge in [-0.05, 0) is 73.7 Å². The van der Waals surface area contributed by atoms with Gasteiger partial charge in [0, 0.05) is 16.3 Å². The van der Waals surface area contributed by atoms with Crippen LogP contribution in [0.3, 0.4) is 0 Å². The minimum atomic E-state index is -1.28. The number of rotatable bonds is 18. The van der Waals surface area contributed by atoms with Crippen molar-refractivity contribution in [2.75, 3.05) is 4.43 Å². The van der Waals surface area contributed by atoms with E-state index in [4.69, 9.17) is 33.1 Å². The van der Waals surface area contributed by atoms with Crippen molar-refractivity contribution < 1.29 is 71.6 Å². The second kappa shape index (κ2) is 19.3. The molecule has 4 N–H and O–H groups in total. The summed E-state index contributed by atoms with van der Waals surface area (Å²) in [5.41, 5.74) is -0.0593. The standard InChI is InChI=1S/C32H51IO15S2/c1-6-7-8-23-31(5)15-19(14-20(29(36)37)21(31)10-12-32(23)11-9-18(4)28(32)35)40-30-27(42-24(34)13-17(2)3)26(44-50-48-46-39)25(22(16-33)41-30)43-49-47-45-38/h17,19-23,25-28,30,35,38-39H,4,6-16H2,1-3,5H3,(H,36,37)/t19?,20?,21?,22-,23?,25+,26-,27?,28-,30+,31?,32?/m0/s1/i33-2. The van der Waals surface area contributed by atoms with Gasteiger partial charge in [0.25, 0.3) is 0 Å². The molecule has 3 saturated carbocycles. The zero-order valence-electron chi connectivity index (χ0n) is 28.8. The normalized spacial score (nSPS) is 38.8. The quantitative estimate of drug-likeness (QED) is 0.0131. The van der Waals surface area contributed by atoms with Gasteiger partial charge in [0.1, 0.15) is 18.3 Å². The zero-order valence-corrected chi connectivity index (χ0v) is 32.6. The number of aliphatic carboxylic acids is 1. The molecule has 1 spiro atoms. The number of unbranched alkanes of at least 4 members (excludes halogenated alkanes) is 1. The fourth-order valence-corrected chi connectivity index (χ4v) is 10.7. The van der Waals surface area contributed by atoms with Gasteiger partial charge in [0.2, 0.25) is 0 Å². The first-order chi connectivity index (χ1) is 23.9. The van der Waals surface area contributed by atoms with Gasteiger partial charge in [-0.2, -0.15) is 0 Å². The first-order valence-corrected chi connectivity index (χ1v) is 20.0. The first-order valence-electron chi connectivity index (χ1n) is 17.1. The molecule has 50 heavy (non-hydrogen) atoms. The first kappa shape index (κ1) is 42.4. The minimum Gasteiger partial charge on any atom is -0.481 e. The molecular formula is C32H51IO15S2. The van der Waals surface area contributed by atoms with Crippen molar-refractivity contribution >= 4 is 59.2 Å². The molecule has 18 heteroatoms. The van der Waals surface area contributed by atoms with Crippen LogP contribution < -0.4 is 0 Å². The van der Waals surface area contributed by atoms with E-state index >= 15 is 0 Å². The number of carboxylic acid groups (broad SMARTS) is 1. The number of aliphatic hydroxyl groups excluding tert-OH is 1. The van der Waals surface area contributed by atoms with Crippen LogP contribution in [0.25, 0.3) is 0 Å². The van der Waals surface area contributed by atoms with E-state index < -0.39 is 71.6 Å². The fraction of sp³-hybridized carbons (Fsp3) is 0.875. The summed E-state index contributed by atoms with van der Waals surface area (Å²) in [6.45, 7) is 12.2. The molecule has 4 aliphatic rings. The van der Waals surface area contributed by atoms with Gasteiger partial charge >= 0.3 is 11.9 Å². The van der Waals surface area contributed by atoms with Gasteiger partial charge in [-0.3, -0.25) is 18.0 Å². The topological polar surface area (TPSA) is 198 Å². The van der Waals surface area contributed by atoms with Gasteiger partial charge in [0.05, 0.1) is 18.1 Å². The van der Waals surface area contributed by atoms with Crippen LogP contribution in [0.5, 0.6) is 0 Å². The summed E-state index contributed by atoms with van der Waals surface area (Å²) in [7, 11) is 0. The van der Waals surface area contributed by atoms with E-state index in [1.54, 1.807) is 0 Å². The molecule has 1 heterocycles. The lowest BCUT2D eigenvalue weighted by molar-refractivity contribution is -0.436. The molecule has 0 radical (unpaired) electrons. The second-order valence-electron chi connectivity index (χ2n) is 14.6. The molecule has 12 atom stereocenters. The highest BCUT2D eigenvalue weighted by molar-refractivity contribution is 14.1. The van der Waals surface area contributed by atoms with Gasteiger partial charge in [-0.15, -0.1) is 8.67 Å². The second-order valence-corrected chi connectivity index (χ2v) is 16.4. The molecular weight excluding hydrogens is 813 g/mol. The molecule has 0 aromatic carbocycles. The predicted molar refractivity (Wildman–Crippen MR) is 187 cm³/mol. The van der Waals surface area contributed by atoms with Crippen molar-refractivity contribution in [1.82, 2.24) is 0 Å². The molecule has 3 aliphatic carbocycles. The number of aliphatic hydroxyl groups is 1. The Morgan fingerprint density at radius 3 is 2.34 bits per heavy atom. The predicted octanol–water partition coefficient (Wildman–Crippen LogP) is 6.64. The molecule has 1 saturated heterocycles. The number of alkyl halides is 1. The van der Waals surface area contributed by atoms with Crippen molar-refractivity contribution in [1.29, 1.82) is 0 Å². The number of halogens is 1. The number of carbonyl (C=O) groups is 2. The maximum Gasteiger partial charge on any atom is 0.306 e. The number of fused-ring (bicyclic) bond motifs is 1. The summed E-state index contributed by atoms with van der Waals surface area (Å²) in [6.07, 6.45) is -0.307. The Hall–Kier alpha value is -0.330. The molecule has 7 unspecified atom stereocenters. The lowest BCUT2D eigenvalue weighted by Crippen LogP contribution is -2.63. The third-order valence-electron chi connectivity index (χ3n) is 11.3. The van der Waals surface area contributed by atoms with Crippen LogP contribution in [-0.4, -0.2) is 80.0 Å².